The molecule has 0 amide bonds. The number of anilines is 2. The van der Waals surface area contributed by atoms with Crippen LogP contribution in [0.5, 0.6) is 0 Å². The molecule has 0 spiro atoms. The molecule has 1 N–H and O–H groups in total. The molecule has 0 atom stereocenters. The van der Waals surface area contributed by atoms with Crippen LogP contribution in [-0.4, -0.2) is 16.2 Å². The van der Waals surface area contributed by atoms with Gasteiger partial charge in [0.2, 0.25) is 0 Å². The maximum absolute atomic E-state index is 8.92. The van der Waals surface area contributed by atoms with Crippen LogP contribution in [0.3, 0.4) is 0 Å². The highest BCUT2D eigenvalue weighted by Gasteiger charge is 2.03. The van der Waals surface area contributed by atoms with Crippen molar-refractivity contribution in [2.75, 3.05) is 11.6 Å². The van der Waals surface area contributed by atoms with Gasteiger partial charge >= 0.3 is 0 Å². The lowest BCUT2D eigenvalue weighted by Crippen LogP contribution is -1.98. The first-order valence-corrected chi connectivity index (χ1v) is 6.79. The van der Waals surface area contributed by atoms with Gasteiger partial charge in [-0.3, -0.25) is 0 Å². The summed E-state index contributed by atoms with van der Waals surface area (Å²) in [5, 5.41) is 12.0. The van der Waals surface area contributed by atoms with Crippen molar-refractivity contribution >= 4 is 23.3 Å². The first-order valence-electron chi connectivity index (χ1n) is 5.39. The monoisotopic (exact) mass is 256 g/mol. The molecule has 4 nitrogen and oxygen atoms in total. The summed E-state index contributed by atoms with van der Waals surface area (Å²) in [4.78, 5) is 8.05. The summed E-state index contributed by atoms with van der Waals surface area (Å²) in [5.74, 6) is 1.48. The van der Waals surface area contributed by atoms with Crippen LogP contribution in [0.1, 0.15) is 11.3 Å². The highest BCUT2D eigenvalue weighted by molar-refractivity contribution is 7.97. The van der Waals surface area contributed by atoms with Crippen LogP contribution in [0.2, 0.25) is 0 Å². The molecule has 0 unspecified atom stereocenters. The SMILES string of the molecule is CSCc1ccc(Nc2nccnc2C#N)cc1. The standard InChI is InChI=1S/C13H12N4S/c1-18-9-10-2-4-11(5-3-10)17-13-12(8-14)15-6-7-16-13/h2-7H,9H2,1H3,(H,16,17). The minimum absolute atomic E-state index is 0.297. The van der Waals surface area contributed by atoms with Crippen molar-refractivity contribution in [2.45, 2.75) is 5.75 Å². The van der Waals surface area contributed by atoms with Crippen molar-refractivity contribution in [3.8, 4) is 6.07 Å². The second kappa shape index (κ2) is 6.03. The number of nitriles is 1. The highest BCUT2D eigenvalue weighted by Crippen LogP contribution is 2.18. The molecule has 5 heteroatoms. The quantitative estimate of drug-likeness (QED) is 0.911. The topological polar surface area (TPSA) is 61.6 Å². The molecule has 18 heavy (non-hydrogen) atoms. The van der Waals surface area contributed by atoms with E-state index in [1.54, 1.807) is 18.0 Å². The van der Waals surface area contributed by atoms with Crippen molar-refractivity contribution < 1.29 is 0 Å². The summed E-state index contributed by atoms with van der Waals surface area (Å²) < 4.78 is 0. The first kappa shape index (κ1) is 12.4. The van der Waals surface area contributed by atoms with Gasteiger partial charge in [0.25, 0.3) is 0 Å². The van der Waals surface area contributed by atoms with E-state index in [-0.39, 0.29) is 0 Å². The average molecular weight is 256 g/mol. The fourth-order valence-corrected chi connectivity index (χ4v) is 2.02. The lowest BCUT2D eigenvalue weighted by molar-refractivity contribution is 1.16. The van der Waals surface area contributed by atoms with Gasteiger partial charge in [-0.15, -0.1) is 0 Å². The Morgan fingerprint density at radius 2 is 1.94 bits per heavy atom. The lowest BCUT2D eigenvalue weighted by Gasteiger charge is -2.07. The van der Waals surface area contributed by atoms with Crippen LogP contribution in [-0.2, 0) is 5.75 Å². The number of aromatic nitrogens is 2. The Kier molecular flexibility index (Phi) is 4.15. The van der Waals surface area contributed by atoms with Gasteiger partial charge in [-0.25, -0.2) is 9.97 Å². The molecule has 0 saturated heterocycles. The Morgan fingerprint density at radius 1 is 1.22 bits per heavy atom. The van der Waals surface area contributed by atoms with Crippen LogP contribution in [0, 0.1) is 11.3 Å². The van der Waals surface area contributed by atoms with Crippen LogP contribution < -0.4 is 5.32 Å². The second-order valence-corrected chi connectivity index (χ2v) is 4.49. The van der Waals surface area contributed by atoms with Gasteiger partial charge in [-0.1, -0.05) is 12.1 Å². The number of nitrogens with zero attached hydrogens (tertiary/aromatic N) is 3. The molecular formula is C13H12N4S. The van der Waals surface area contributed by atoms with E-state index in [0.717, 1.165) is 11.4 Å². The number of rotatable bonds is 4. The summed E-state index contributed by atoms with van der Waals surface area (Å²) in [7, 11) is 0. The van der Waals surface area contributed by atoms with Crippen LogP contribution >= 0.6 is 11.8 Å². The van der Waals surface area contributed by atoms with Gasteiger partial charge in [0.1, 0.15) is 6.07 Å². The first-order chi connectivity index (χ1) is 8.83. The number of hydrogen-bond acceptors (Lipinski definition) is 5. The van der Waals surface area contributed by atoms with E-state index in [9.17, 15) is 0 Å². The number of nitrogens with one attached hydrogen (secondary N) is 1. The van der Waals surface area contributed by atoms with Crippen molar-refractivity contribution in [2.24, 2.45) is 0 Å². The molecule has 0 fully saturated rings. The zero-order chi connectivity index (χ0) is 12.8. The third kappa shape index (κ3) is 2.99. The van der Waals surface area contributed by atoms with Gasteiger partial charge in [-0.2, -0.15) is 17.0 Å². The minimum Gasteiger partial charge on any atom is -0.338 e. The molecule has 0 saturated carbocycles. The van der Waals surface area contributed by atoms with E-state index in [4.69, 9.17) is 5.26 Å². The summed E-state index contributed by atoms with van der Waals surface area (Å²) in [6.07, 6.45) is 5.14. The zero-order valence-corrected chi connectivity index (χ0v) is 10.7. The van der Waals surface area contributed by atoms with E-state index in [1.807, 2.05) is 18.2 Å². The van der Waals surface area contributed by atoms with Crippen molar-refractivity contribution in [3.63, 3.8) is 0 Å². The van der Waals surface area contributed by atoms with Crippen molar-refractivity contribution in [1.82, 2.24) is 9.97 Å². The van der Waals surface area contributed by atoms with E-state index in [2.05, 4.69) is 33.7 Å². The average Bonchev–Trinajstić information content (AvgIpc) is 2.42. The smallest absolute Gasteiger partial charge is 0.183 e. The van der Waals surface area contributed by atoms with E-state index >= 15 is 0 Å². The number of hydrogen-bond donors (Lipinski definition) is 1. The van der Waals surface area contributed by atoms with Crippen molar-refractivity contribution in [3.05, 3.63) is 47.9 Å². The van der Waals surface area contributed by atoms with Crippen LogP contribution in [0.25, 0.3) is 0 Å². The molecule has 0 radical (unpaired) electrons. The predicted molar refractivity (Wildman–Crippen MR) is 73.7 cm³/mol. The molecule has 2 aromatic rings. The van der Waals surface area contributed by atoms with Gasteiger partial charge in [0, 0.05) is 23.8 Å². The zero-order valence-electron chi connectivity index (χ0n) is 9.92. The van der Waals surface area contributed by atoms with Crippen LogP contribution in [0.15, 0.2) is 36.7 Å². The minimum atomic E-state index is 0.297. The third-order valence-electron chi connectivity index (χ3n) is 2.33. The molecular weight excluding hydrogens is 244 g/mol. The Hall–Kier alpha value is -2.06. The van der Waals surface area contributed by atoms with Gasteiger partial charge in [0.15, 0.2) is 11.5 Å². The maximum Gasteiger partial charge on any atom is 0.183 e. The summed E-state index contributed by atoms with van der Waals surface area (Å²) in [6, 6.07) is 10.1. The van der Waals surface area contributed by atoms with E-state index in [0.29, 0.717) is 11.5 Å². The molecule has 0 aliphatic rings. The summed E-state index contributed by atoms with van der Waals surface area (Å²) >= 11 is 1.78. The molecule has 2 rings (SSSR count). The van der Waals surface area contributed by atoms with Crippen LogP contribution in [0.4, 0.5) is 11.5 Å². The summed E-state index contributed by atoms with van der Waals surface area (Å²) in [5.41, 5.74) is 2.47. The molecule has 0 bridgehead atoms. The van der Waals surface area contributed by atoms with Gasteiger partial charge < -0.3 is 5.32 Å². The number of thioether (sulfide) groups is 1. The molecule has 1 aromatic carbocycles. The highest BCUT2D eigenvalue weighted by atomic mass is 32.2. The van der Waals surface area contributed by atoms with Crippen molar-refractivity contribution in [1.29, 1.82) is 5.26 Å². The molecule has 1 heterocycles. The maximum atomic E-state index is 8.92. The van der Waals surface area contributed by atoms with Gasteiger partial charge in [0.05, 0.1) is 0 Å². The largest absolute Gasteiger partial charge is 0.338 e. The van der Waals surface area contributed by atoms with E-state index in [1.165, 1.54) is 11.8 Å². The predicted octanol–water partition coefficient (Wildman–Crippen LogP) is 2.95. The molecule has 90 valence electrons. The molecule has 0 aliphatic heterocycles. The Bertz CT molecular complexity index is 560. The summed E-state index contributed by atoms with van der Waals surface area (Å²) in [6.45, 7) is 0. The van der Waals surface area contributed by atoms with Gasteiger partial charge in [-0.05, 0) is 24.0 Å². The Labute approximate surface area is 110 Å². The molecule has 1 aromatic heterocycles. The molecule has 0 aliphatic carbocycles. The fourth-order valence-electron chi connectivity index (χ4n) is 1.50. The Balaban J connectivity index is 2.16. The normalized spacial score (nSPS) is 9.78. The second-order valence-electron chi connectivity index (χ2n) is 3.62. The third-order valence-corrected chi connectivity index (χ3v) is 2.95. The van der Waals surface area contributed by atoms with E-state index < -0.39 is 0 Å². The Morgan fingerprint density at radius 3 is 2.61 bits per heavy atom. The lowest BCUT2D eigenvalue weighted by atomic mass is 10.2. The fraction of sp³-hybridized carbons (Fsp3) is 0.154. The number of benzene rings is 1.